The van der Waals surface area contributed by atoms with Crippen molar-refractivity contribution in [1.82, 2.24) is 4.90 Å². The smallest absolute Gasteiger partial charge is 0.0701 e. The molecule has 1 unspecified atom stereocenters. The molecule has 5 heteroatoms. The summed E-state index contributed by atoms with van der Waals surface area (Å²) in [5.41, 5.74) is 6.93. The van der Waals surface area contributed by atoms with Crippen molar-refractivity contribution >= 4 is 39.7 Å². The van der Waals surface area contributed by atoms with Crippen LogP contribution in [0.5, 0.6) is 0 Å². The first-order valence-electron chi connectivity index (χ1n) is 4.26. The first-order chi connectivity index (χ1) is 6.13. The van der Waals surface area contributed by atoms with Crippen LogP contribution in [0.15, 0.2) is 15.2 Å². The third kappa shape index (κ3) is 4.28. The number of hydrogen-bond donors (Lipinski definition) is 1. The minimum Gasteiger partial charge on any atom is -0.329 e. The zero-order chi connectivity index (χ0) is 9.84. The molecule has 0 amide bonds. The van der Waals surface area contributed by atoms with Crippen LogP contribution in [0.4, 0.5) is 0 Å². The molecule has 1 rings (SSSR count). The van der Waals surface area contributed by atoms with Gasteiger partial charge in [0.2, 0.25) is 0 Å². The van der Waals surface area contributed by atoms with Crippen molar-refractivity contribution in [2.75, 3.05) is 13.6 Å². The van der Waals surface area contributed by atoms with Crippen LogP contribution in [0, 0.1) is 0 Å². The van der Waals surface area contributed by atoms with Crippen LogP contribution in [0.25, 0.3) is 0 Å². The summed E-state index contributed by atoms with van der Waals surface area (Å²) in [6, 6.07) is 2.60. The van der Waals surface area contributed by atoms with Gasteiger partial charge in [0.25, 0.3) is 0 Å². The van der Waals surface area contributed by atoms with Gasteiger partial charge in [-0.25, -0.2) is 0 Å². The van der Waals surface area contributed by atoms with Gasteiger partial charge in [0.1, 0.15) is 0 Å². The van der Waals surface area contributed by atoms with Crippen LogP contribution < -0.4 is 5.73 Å². The number of nitrogens with two attached hydrogens (primary N) is 1. The lowest BCUT2D eigenvalue weighted by Crippen LogP contribution is -2.34. The maximum Gasteiger partial charge on any atom is 0.0701 e. The molecular formula is C9H16BrClN2S. The molecule has 1 atom stereocenters. The second-order valence-corrected chi connectivity index (χ2v) is 5.55. The molecule has 1 aromatic rings. The predicted molar refractivity (Wildman–Crippen MR) is 69.3 cm³/mol. The van der Waals surface area contributed by atoms with Gasteiger partial charge in [-0.3, -0.25) is 4.90 Å². The van der Waals surface area contributed by atoms with E-state index in [0.717, 1.165) is 6.54 Å². The van der Waals surface area contributed by atoms with E-state index in [9.17, 15) is 0 Å². The average Bonchev–Trinajstić information content (AvgIpc) is 2.49. The summed E-state index contributed by atoms with van der Waals surface area (Å²) in [7, 11) is 2.10. The molecule has 1 heterocycles. The van der Waals surface area contributed by atoms with E-state index >= 15 is 0 Å². The zero-order valence-corrected chi connectivity index (χ0v) is 11.6. The molecule has 1 aromatic heterocycles. The first-order valence-corrected chi connectivity index (χ1v) is 5.94. The Hall–Kier alpha value is 0.390. The van der Waals surface area contributed by atoms with Gasteiger partial charge in [0.15, 0.2) is 0 Å². The highest BCUT2D eigenvalue weighted by Crippen LogP contribution is 2.21. The monoisotopic (exact) mass is 298 g/mol. The number of halogens is 2. The highest BCUT2D eigenvalue weighted by Gasteiger charge is 2.08. The van der Waals surface area contributed by atoms with E-state index in [1.54, 1.807) is 11.3 Å². The fourth-order valence-corrected chi connectivity index (χ4v) is 2.25. The zero-order valence-electron chi connectivity index (χ0n) is 8.37. The van der Waals surface area contributed by atoms with E-state index in [2.05, 4.69) is 46.2 Å². The van der Waals surface area contributed by atoms with Gasteiger partial charge >= 0.3 is 0 Å². The van der Waals surface area contributed by atoms with Gasteiger partial charge in [-0.05, 0) is 46.9 Å². The molecule has 14 heavy (non-hydrogen) atoms. The van der Waals surface area contributed by atoms with Crippen molar-refractivity contribution < 1.29 is 0 Å². The standard InChI is InChI=1S/C9H15BrN2S.ClH/c1-7(4-11)12(2)5-8-3-9(10)13-6-8;/h3,6-7H,4-5,11H2,1-2H3;1H. The Morgan fingerprint density at radius 3 is 2.71 bits per heavy atom. The van der Waals surface area contributed by atoms with Gasteiger partial charge in [0.05, 0.1) is 3.79 Å². The Labute approximate surface area is 104 Å². The van der Waals surface area contributed by atoms with Gasteiger partial charge in [-0.15, -0.1) is 23.7 Å². The molecule has 0 aliphatic carbocycles. The third-order valence-electron chi connectivity index (χ3n) is 2.15. The predicted octanol–water partition coefficient (Wildman–Crippen LogP) is 2.71. The van der Waals surface area contributed by atoms with Crippen LogP contribution in [-0.2, 0) is 6.54 Å². The minimum absolute atomic E-state index is 0. The van der Waals surface area contributed by atoms with E-state index in [-0.39, 0.29) is 12.4 Å². The maximum atomic E-state index is 5.58. The van der Waals surface area contributed by atoms with Crippen molar-refractivity contribution in [3.05, 3.63) is 20.8 Å². The number of thiophene rings is 1. The Balaban J connectivity index is 0.00000169. The summed E-state index contributed by atoms with van der Waals surface area (Å²) < 4.78 is 1.19. The molecule has 82 valence electrons. The topological polar surface area (TPSA) is 29.3 Å². The number of hydrogen-bond acceptors (Lipinski definition) is 3. The molecule has 0 aliphatic heterocycles. The van der Waals surface area contributed by atoms with Crippen LogP contribution in [0.3, 0.4) is 0 Å². The van der Waals surface area contributed by atoms with Crippen molar-refractivity contribution in [3.63, 3.8) is 0 Å². The molecule has 2 nitrogen and oxygen atoms in total. The summed E-state index contributed by atoms with van der Waals surface area (Å²) in [4.78, 5) is 2.26. The summed E-state index contributed by atoms with van der Waals surface area (Å²) in [5, 5.41) is 2.17. The Morgan fingerprint density at radius 1 is 1.64 bits per heavy atom. The van der Waals surface area contributed by atoms with Gasteiger partial charge in [0, 0.05) is 19.1 Å². The molecule has 0 fully saturated rings. The number of likely N-dealkylation sites (N-methyl/N-ethyl adjacent to an activating group) is 1. The largest absolute Gasteiger partial charge is 0.329 e. The van der Waals surface area contributed by atoms with Gasteiger partial charge in [-0.1, -0.05) is 0 Å². The second kappa shape index (κ2) is 6.80. The molecule has 0 aliphatic rings. The van der Waals surface area contributed by atoms with Crippen molar-refractivity contribution in [2.24, 2.45) is 5.73 Å². The number of nitrogens with zero attached hydrogens (tertiary/aromatic N) is 1. The Morgan fingerprint density at radius 2 is 2.29 bits per heavy atom. The summed E-state index contributed by atoms with van der Waals surface area (Å²) >= 11 is 5.18. The van der Waals surface area contributed by atoms with E-state index in [1.165, 1.54) is 9.35 Å². The Kier molecular flexibility index (Phi) is 6.99. The highest BCUT2D eigenvalue weighted by molar-refractivity contribution is 9.11. The van der Waals surface area contributed by atoms with E-state index in [4.69, 9.17) is 5.73 Å². The lowest BCUT2D eigenvalue weighted by Gasteiger charge is -2.22. The molecule has 0 spiro atoms. The van der Waals surface area contributed by atoms with Crippen LogP contribution in [0.1, 0.15) is 12.5 Å². The molecule has 0 aromatic carbocycles. The summed E-state index contributed by atoms with van der Waals surface area (Å²) in [6.07, 6.45) is 0. The van der Waals surface area contributed by atoms with Crippen molar-refractivity contribution in [1.29, 1.82) is 0 Å². The summed E-state index contributed by atoms with van der Waals surface area (Å²) in [5.74, 6) is 0. The molecule has 0 saturated carbocycles. The molecule has 0 radical (unpaired) electrons. The highest BCUT2D eigenvalue weighted by atomic mass is 79.9. The van der Waals surface area contributed by atoms with Gasteiger partial charge in [-0.2, -0.15) is 0 Å². The fraction of sp³-hybridized carbons (Fsp3) is 0.556. The normalized spacial score (nSPS) is 12.6. The Bertz CT molecular complexity index is 267. The van der Waals surface area contributed by atoms with Crippen LogP contribution >= 0.6 is 39.7 Å². The lowest BCUT2D eigenvalue weighted by atomic mass is 10.2. The van der Waals surface area contributed by atoms with E-state index < -0.39 is 0 Å². The van der Waals surface area contributed by atoms with Crippen molar-refractivity contribution in [3.8, 4) is 0 Å². The summed E-state index contributed by atoms with van der Waals surface area (Å²) in [6.45, 7) is 3.82. The molecule has 0 saturated heterocycles. The SMILES string of the molecule is CC(CN)N(C)Cc1csc(Br)c1.Cl. The third-order valence-corrected chi connectivity index (χ3v) is 3.70. The molecule has 0 bridgehead atoms. The van der Waals surface area contributed by atoms with E-state index in [0.29, 0.717) is 12.6 Å². The minimum atomic E-state index is 0. The van der Waals surface area contributed by atoms with E-state index in [1.807, 2.05) is 0 Å². The first kappa shape index (κ1) is 14.4. The second-order valence-electron chi connectivity index (χ2n) is 3.26. The average molecular weight is 300 g/mol. The number of rotatable bonds is 4. The molecule has 2 N–H and O–H groups in total. The maximum absolute atomic E-state index is 5.58. The lowest BCUT2D eigenvalue weighted by molar-refractivity contribution is 0.255. The fourth-order valence-electron chi connectivity index (χ4n) is 1.05. The van der Waals surface area contributed by atoms with Gasteiger partial charge < -0.3 is 5.73 Å². The molecular weight excluding hydrogens is 284 g/mol. The van der Waals surface area contributed by atoms with Crippen LogP contribution in [-0.4, -0.2) is 24.5 Å². The van der Waals surface area contributed by atoms with Crippen molar-refractivity contribution in [2.45, 2.75) is 19.5 Å². The quantitative estimate of drug-likeness (QED) is 0.926. The van der Waals surface area contributed by atoms with Crippen LogP contribution in [0.2, 0.25) is 0 Å².